The van der Waals surface area contributed by atoms with Gasteiger partial charge in [-0.2, -0.15) is 4.98 Å². The Morgan fingerprint density at radius 2 is 2.09 bits per heavy atom. The van der Waals surface area contributed by atoms with Gasteiger partial charge in [0.15, 0.2) is 11.5 Å². The normalized spacial score (nSPS) is 16.8. The van der Waals surface area contributed by atoms with Crippen molar-refractivity contribution < 1.29 is 13.7 Å². The lowest BCUT2D eigenvalue weighted by Gasteiger charge is -2.39. The van der Waals surface area contributed by atoms with Gasteiger partial charge in [-0.1, -0.05) is 28.9 Å². The first-order chi connectivity index (χ1) is 15.5. The number of hydrogen-bond donors (Lipinski definition) is 0. The van der Waals surface area contributed by atoms with Crippen LogP contribution in [0.2, 0.25) is 5.02 Å². The van der Waals surface area contributed by atoms with E-state index >= 15 is 0 Å². The van der Waals surface area contributed by atoms with Crippen LogP contribution in [0.4, 0.5) is 4.39 Å². The van der Waals surface area contributed by atoms with Crippen molar-refractivity contribution >= 4 is 17.5 Å². The van der Waals surface area contributed by atoms with Gasteiger partial charge in [0.05, 0.1) is 34.6 Å². The minimum absolute atomic E-state index is 0.134. The molecule has 3 aromatic rings. The van der Waals surface area contributed by atoms with Gasteiger partial charge in [0.2, 0.25) is 0 Å². The van der Waals surface area contributed by atoms with E-state index in [1.54, 1.807) is 27.9 Å². The maximum atomic E-state index is 14.1. The topological polar surface area (TPSA) is 80.3 Å². The quantitative estimate of drug-likeness (QED) is 0.505. The molecular weight excluding hydrogens is 435 g/mol. The predicted octanol–water partition coefficient (Wildman–Crippen LogP) is 3.79. The summed E-state index contributed by atoms with van der Waals surface area (Å²) in [6, 6.07) is 2.55. The van der Waals surface area contributed by atoms with Crippen LogP contribution in [0.5, 0.6) is 0 Å². The van der Waals surface area contributed by atoms with E-state index in [2.05, 4.69) is 33.2 Å². The third kappa shape index (κ3) is 3.16. The number of aromatic nitrogens is 4. The van der Waals surface area contributed by atoms with E-state index in [1.165, 1.54) is 12.1 Å². The highest BCUT2D eigenvalue weighted by Gasteiger charge is 2.43. The smallest absolute Gasteiger partial charge is 0.278 e. The summed E-state index contributed by atoms with van der Waals surface area (Å²) in [6.45, 7) is 9.86. The van der Waals surface area contributed by atoms with E-state index in [9.17, 15) is 9.18 Å². The third-order valence-corrected chi connectivity index (χ3v) is 6.13. The SMILES string of the molecule is C=CCN(CC=C)Cc1noc(-c2ncn3c2[C@@H]2CCN2C(=O)c2c-3ccc(F)c2Cl)n1. The van der Waals surface area contributed by atoms with Gasteiger partial charge in [0, 0.05) is 19.6 Å². The molecule has 0 bridgehead atoms. The Bertz CT molecular complexity index is 1230. The second-order valence-corrected chi connectivity index (χ2v) is 8.07. The number of nitrogens with zero attached hydrogens (tertiary/aromatic N) is 6. The lowest BCUT2D eigenvalue weighted by Crippen LogP contribution is -2.44. The molecule has 164 valence electrons. The molecule has 1 amide bonds. The summed E-state index contributed by atoms with van der Waals surface area (Å²) >= 11 is 6.19. The van der Waals surface area contributed by atoms with Gasteiger partial charge in [-0.3, -0.25) is 14.3 Å². The second kappa shape index (κ2) is 7.99. The van der Waals surface area contributed by atoms with E-state index in [1.807, 2.05) is 0 Å². The summed E-state index contributed by atoms with van der Waals surface area (Å²) in [5, 5.41) is 3.91. The molecule has 0 aliphatic carbocycles. The van der Waals surface area contributed by atoms with Crippen molar-refractivity contribution in [2.75, 3.05) is 19.6 Å². The Balaban J connectivity index is 1.56. The first-order valence-electron chi connectivity index (χ1n) is 10.2. The largest absolute Gasteiger partial charge is 0.332 e. The molecule has 0 radical (unpaired) electrons. The molecule has 8 nitrogen and oxygen atoms in total. The number of hydrogen-bond acceptors (Lipinski definition) is 6. The van der Waals surface area contributed by atoms with Gasteiger partial charge in [-0.05, 0) is 18.6 Å². The Labute approximate surface area is 188 Å². The minimum atomic E-state index is -0.634. The number of benzene rings is 1. The molecule has 1 aromatic carbocycles. The average Bonchev–Trinajstić information content (AvgIpc) is 3.35. The number of halogens is 2. The number of carbonyl (C=O) groups excluding carboxylic acids is 1. The summed E-state index contributed by atoms with van der Waals surface area (Å²) in [5.74, 6) is -0.163. The van der Waals surface area contributed by atoms with Gasteiger partial charge in [-0.15, -0.1) is 13.2 Å². The second-order valence-electron chi connectivity index (χ2n) is 7.69. The van der Waals surface area contributed by atoms with Crippen molar-refractivity contribution in [2.24, 2.45) is 0 Å². The fourth-order valence-corrected chi connectivity index (χ4v) is 4.46. The van der Waals surface area contributed by atoms with E-state index < -0.39 is 5.82 Å². The first kappa shape index (κ1) is 20.6. The number of rotatable bonds is 7. The maximum absolute atomic E-state index is 14.1. The number of fused-ring (bicyclic) bond motifs is 5. The summed E-state index contributed by atoms with van der Waals surface area (Å²) < 4.78 is 21.4. The van der Waals surface area contributed by atoms with Crippen molar-refractivity contribution in [2.45, 2.75) is 19.0 Å². The zero-order valence-electron chi connectivity index (χ0n) is 17.2. The molecule has 1 saturated heterocycles. The van der Waals surface area contributed by atoms with Crippen LogP contribution in [0.25, 0.3) is 17.3 Å². The van der Waals surface area contributed by atoms with Gasteiger partial charge in [0.25, 0.3) is 11.8 Å². The summed E-state index contributed by atoms with van der Waals surface area (Å²) in [4.78, 5) is 25.9. The molecule has 1 fully saturated rings. The molecular formula is C22H20ClFN6O2. The molecule has 0 saturated carbocycles. The van der Waals surface area contributed by atoms with Crippen LogP contribution in [0.15, 0.2) is 48.3 Å². The fourth-order valence-electron chi connectivity index (χ4n) is 4.22. The number of carbonyl (C=O) groups is 1. The highest BCUT2D eigenvalue weighted by molar-refractivity contribution is 6.34. The highest BCUT2D eigenvalue weighted by Crippen LogP contribution is 2.44. The van der Waals surface area contributed by atoms with Gasteiger partial charge in [0.1, 0.15) is 12.1 Å². The van der Waals surface area contributed by atoms with Crippen LogP contribution in [-0.2, 0) is 6.54 Å². The van der Waals surface area contributed by atoms with Crippen molar-refractivity contribution in [3.05, 3.63) is 71.7 Å². The van der Waals surface area contributed by atoms with E-state index in [4.69, 9.17) is 16.1 Å². The van der Waals surface area contributed by atoms with Crippen molar-refractivity contribution in [3.8, 4) is 17.3 Å². The van der Waals surface area contributed by atoms with Gasteiger partial charge >= 0.3 is 0 Å². The number of imidazole rings is 1. The van der Waals surface area contributed by atoms with E-state index in [0.29, 0.717) is 43.4 Å². The van der Waals surface area contributed by atoms with Crippen LogP contribution in [-0.4, -0.2) is 55.0 Å². The molecule has 0 spiro atoms. The highest BCUT2D eigenvalue weighted by atomic mass is 35.5. The maximum Gasteiger partial charge on any atom is 0.278 e. The average molecular weight is 455 g/mol. The Kier molecular flexibility index (Phi) is 5.15. The molecule has 2 aliphatic rings. The lowest BCUT2D eigenvalue weighted by molar-refractivity contribution is 0.0461. The zero-order chi connectivity index (χ0) is 22.4. The first-order valence-corrected chi connectivity index (χ1v) is 10.5. The fraction of sp³-hybridized carbons (Fsp3) is 0.273. The van der Waals surface area contributed by atoms with Crippen molar-refractivity contribution in [1.82, 2.24) is 29.5 Å². The van der Waals surface area contributed by atoms with E-state index in [0.717, 1.165) is 12.1 Å². The Morgan fingerprint density at radius 3 is 2.78 bits per heavy atom. The van der Waals surface area contributed by atoms with Crippen molar-refractivity contribution in [1.29, 1.82) is 0 Å². The van der Waals surface area contributed by atoms with E-state index in [-0.39, 0.29) is 28.4 Å². The van der Waals surface area contributed by atoms with Crippen LogP contribution in [0.3, 0.4) is 0 Å². The number of amides is 1. The predicted molar refractivity (Wildman–Crippen MR) is 116 cm³/mol. The molecule has 2 aliphatic heterocycles. The minimum Gasteiger partial charge on any atom is -0.332 e. The van der Waals surface area contributed by atoms with Gasteiger partial charge < -0.3 is 9.42 Å². The Morgan fingerprint density at radius 1 is 1.31 bits per heavy atom. The summed E-state index contributed by atoms with van der Waals surface area (Å²) in [5.41, 5.74) is 1.86. The van der Waals surface area contributed by atoms with Crippen LogP contribution in [0.1, 0.15) is 34.3 Å². The Hall–Kier alpha value is -3.30. The standard InChI is InChI=1S/C22H20ClFN6O2/c1-3-8-28(9-4-2)11-16-26-21(32-27-16)19-20-15-7-10-29(15)22(31)17-14(30(20)12-25-19)6-5-13(24)18(17)23/h3-6,12,15H,1-2,7-11H2/t15-/m0/s1. The molecule has 32 heavy (non-hydrogen) atoms. The van der Waals surface area contributed by atoms with Gasteiger partial charge in [-0.25, -0.2) is 9.37 Å². The third-order valence-electron chi connectivity index (χ3n) is 5.76. The molecule has 0 unspecified atom stereocenters. The molecule has 1 atom stereocenters. The van der Waals surface area contributed by atoms with Crippen LogP contribution >= 0.6 is 11.6 Å². The monoisotopic (exact) mass is 454 g/mol. The van der Waals surface area contributed by atoms with Crippen molar-refractivity contribution in [3.63, 3.8) is 0 Å². The molecule has 2 aromatic heterocycles. The molecule has 10 heteroatoms. The summed E-state index contributed by atoms with van der Waals surface area (Å²) in [7, 11) is 0. The van der Waals surface area contributed by atoms with Crippen LogP contribution in [0, 0.1) is 5.82 Å². The molecule has 4 heterocycles. The molecule has 0 N–H and O–H groups in total. The lowest BCUT2D eigenvalue weighted by atomic mass is 9.97. The zero-order valence-corrected chi connectivity index (χ0v) is 17.9. The summed E-state index contributed by atoms with van der Waals surface area (Å²) in [6.07, 6.45) is 5.92. The molecule has 5 rings (SSSR count). The van der Waals surface area contributed by atoms with Crippen LogP contribution < -0.4 is 0 Å².